The third-order valence-corrected chi connectivity index (χ3v) is 5.74. The van der Waals surface area contributed by atoms with E-state index in [0.717, 1.165) is 55.0 Å². The van der Waals surface area contributed by atoms with Crippen LogP contribution in [0.5, 0.6) is 0 Å². The number of nitrogens with two attached hydrogens (primary N) is 1. The number of para-hydroxylation sites is 4. The topological polar surface area (TPSA) is 77.9 Å². The van der Waals surface area contributed by atoms with Crippen LogP contribution in [0.2, 0.25) is 0 Å². The molecule has 4 N–H and O–H groups in total. The van der Waals surface area contributed by atoms with Gasteiger partial charge in [-0.2, -0.15) is 0 Å². The van der Waals surface area contributed by atoms with Crippen LogP contribution in [0, 0.1) is 0 Å². The summed E-state index contributed by atoms with van der Waals surface area (Å²) in [5.74, 6) is 0. The third-order valence-electron chi connectivity index (χ3n) is 5.74. The molecule has 0 aliphatic heterocycles. The SMILES string of the molecule is NC(=O)N(c1cccc2c1[nH]c1ccccc12)c1cccc2c1[nH]c1ccccc12. The Morgan fingerprint density at radius 3 is 1.50 bits per heavy atom. The maximum Gasteiger partial charge on any atom is 0.324 e. The van der Waals surface area contributed by atoms with Crippen molar-refractivity contribution in [1.29, 1.82) is 0 Å². The van der Waals surface area contributed by atoms with Crippen LogP contribution in [0.25, 0.3) is 43.6 Å². The standard InChI is InChI=1S/C25H18N4O/c26-25(30)29(21-13-5-9-17-15-7-1-3-11-19(15)27-23(17)21)22-14-6-10-18-16-8-2-4-12-20(16)28-24(18)22/h1-14,27-28H,(H2,26,30). The summed E-state index contributed by atoms with van der Waals surface area (Å²) < 4.78 is 0. The Morgan fingerprint density at radius 1 is 0.600 bits per heavy atom. The summed E-state index contributed by atoms with van der Waals surface area (Å²) in [4.78, 5) is 21.3. The van der Waals surface area contributed by atoms with Crippen molar-refractivity contribution >= 4 is 61.0 Å². The summed E-state index contributed by atoms with van der Waals surface area (Å²) in [5, 5.41) is 4.33. The van der Waals surface area contributed by atoms with Crippen LogP contribution in [0.3, 0.4) is 0 Å². The summed E-state index contributed by atoms with van der Waals surface area (Å²) in [5.41, 5.74) is 11.2. The van der Waals surface area contributed by atoms with Crippen LogP contribution in [0.1, 0.15) is 0 Å². The molecule has 0 aliphatic carbocycles. The average molecular weight is 390 g/mol. The van der Waals surface area contributed by atoms with Gasteiger partial charge in [0.2, 0.25) is 0 Å². The maximum absolute atomic E-state index is 12.7. The largest absolute Gasteiger partial charge is 0.353 e. The number of aromatic nitrogens is 2. The Morgan fingerprint density at radius 2 is 1.03 bits per heavy atom. The second-order valence-corrected chi connectivity index (χ2v) is 7.41. The van der Waals surface area contributed by atoms with Crippen LogP contribution in [0.4, 0.5) is 16.2 Å². The van der Waals surface area contributed by atoms with E-state index in [9.17, 15) is 4.79 Å². The van der Waals surface area contributed by atoms with Crippen molar-refractivity contribution in [3.05, 3.63) is 84.9 Å². The lowest BCUT2D eigenvalue weighted by molar-refractivity contribution is 0.256. The highest BCUT2D eigenvalue weighted by molar-refractivity contribution is 6.19. The number of primary amides is 1. The van der Waals surface area contributed by atoms with Gasteiger partial charge in [0.1, 0.15) is 0 Å². The van der Waals surface area contributed by atoms with Gasteiger partial charge in [0.05, 0.1) is 22.4 Å². The minimum absolute atomic E-state index is 0.535. The number of hydrogen-bond donors (Lipinski definition) is 3. The number of H-pyrrole nitrogens is 2. The van der Waals surface area contributed by atoms with Crippen LogP contribution in [-0.2, 0) is 0 Å². The summed E-state index contributed by atoms with van der Waals surface area (Å²) in [6.07, 6.45) is 0. The number of benzene rings is 4. The van der Waals surface area contributed by atoms with Gasteiger partial charge in [-0.15, -0.1) is 0 Å². The van der Waals surface area contributed by atoms with E-state index in [0.29, 0.717) is 0 Å². The van der Waals surface area contributed by atoms with E-state index in [1.54, 1.807) is 4.90 Å². The molecule has 0 saturated carbocycles. The smallest absolute Gasteiger partial charge is 0.324 e. The molecule has 2 amide bonds. The Labute approximate surface area is 171 Å². The van der Waals surface area contributed by atoms with E-state index in [2.05, 4.69) is 34.2 Å². The van der Waals surface area contributed by atoms with Gasteiger partial charge in [-0.05, 0) is 24.3 Å². The molecule has 6 rings (SSSR count). The van der Waals surface area contributed by atoms with Gasteiger partial charge in [-0.3, -0.25) is 4.90 Å². The van der Waals surface area contributed by atoms with E-state index in [-0.39, 0.29) is 0 Å². The number of urea groups is 1. The van der Waals surface area contributed by atoms with E-state index in [1.807, 2.05) is 60.7 Å². The van der Waals surface area contributed by atoms with E-state index < -0.39 is 6.03 Å². The molecule has 4 aromatic carbocycles. The normalized spacial score (nSPS) is 11.6. The number of nitrogens with zero attached hydrogens (tertiary/aromatic N) is 1. The number of aromatic amines is 2. The first-order valence-corrected chi connectivity index (χ1v) is 9.81. The van der Waals surface area contributed by atoms with Crippen molar-refractivity contribution in [2.75, 3.05) is 4.90 Å². The molecule has 0 atom stereocenters. The lowest BCUT2D eigenvalue weighted by Crippen LogP contribution is -2.31. The fourth-order valence-corrected chi connectivity index (χ4v) is 4.46. The Bertz CT molecular complexity index is 1480. The van der Waals surface area contributed by atoms with Gasteiger partial charge < -0.3 is 15.7 Å². The highest BCUT2D eigenvalue weighted by Crippen LogP contribution is 2.39. The van der Waals surface area contributed by atoms with E-state index >= 15 is 0 Å². The molecule has 144 valence electrons. The Kier molecular flexibility index (Phi) is 3.40. The molecule has 30 heavy (non-hydrogen) atoms. The molecule has 5 nitrogen and oxygen atoms in total. The van der Waals surface area contributed by atoms with E-state index in [1.165, 1.54) is 0 Å². The molecule has 6 aromatic rings. The molecule has 0 aliphatic rings. The number of hydrogen-bond acceptors (Lipinski definition) is 1. The lowest BCUT2D eigenvalue weighted by atomic mass is 10.1. The van der Waals surface area contributed by atoms with Crippen molar-refractivity contribution in [1.82, 2.24) is 9.97 Å². The monoisotopic (exact) mass is 390 g/mol. The average Bonchev–Trinajstić information content (AvgIpc) is 3.33. The first kappa shape index (κ1) is 16.7. The van der Waals surface area contributed by atoms with Crippen LogP contribution in [0.15, 0.2) is 84.9 Å². The molecule has 0 radical (unpaired) electrons. The van der Waals surface area contributed by atoms with Gasteiger partial charge in [-0.25, -0.2) is 4.79 Å². The van der Waals surface area contributed by atoms with Crippen molar-refractivity contribution in [3.63, 3.8) is 0 Å². The predicted octanol–water partition coefficient (Wildman–Crippen LogP) is 6.17. The third kappa shape index (κ3) is 2.26. The summed E-state index contributed by atoms with van der Waals surface area (Å²) in [6.45, 7) is 0. The predicted molar refractivity (Wildman–Crippen MR) is 123 cm³/mol. The van der Waals surface area contributed by atoms with Gasteiger partial charge in [-0.1, -0.05) is 60.7 Å². The summed E-state index contributed by atoms with van der Waals surface area (Å²) in [7, 11) is 0. The fraction of sp³-hybridized carbons (Fsp3) is 0. The molecule has 2 aromatic heterocycles. The first-order valence-electron chi connectivity index (χ1n) is 9.81. The number of rotatable bonds is 2. The number of nitrogens with one attached hydrogen (secondary N) is 2. The van der Waals surface area contributed by atoms with Crippen molar-refractivity contribution in [3.8, 4) is 0 Å². The van der Waals surface area contributed by atoms with Gasteiger partial charge in [0.25, 0.3) is 0 Å². The summed E-state index contributed by atoms with van der Waals surface area (Å²) >= 11 is 0. The van der Waals surface area contributed by atoms with Crippen LogP contribution >= 0.6 is 0 Å². The second kappa shape index (κ2) is 6.12. The van der Waals surface area contributed by atoms with E-state index in [4.69, 9.17) is 5.73 Å². The van der Waals surface area contributed by atoms with Crippen molar-refractivity contribution in [2.24, 2.45) is 5.73 Å². The minimum atomic E-state index is -0.535. The molecule has 5 heteroatoms. The minimum Gasteiger partial charge on any atom is -0.353 e. The Balaban J connectivity index is 1.67. The number of anilines is 2. The fourth-order valence-electron chi connectivity index (χ4n) is 4.46. The maximum atomic E-state index is 12.7. The zero-order valence-corrected chi connectivity index (χ0v) is 16.0. The lowest BCUT2D eigenvalue weighted by Gasteiger charge is -2.22. The molecule has 0 fully saturated rings. The molecule has 0 unspecified atom stereocenters. The highest BCUT2D eigenvalue weighted by Gasteiger charge is 2.22. The second-order valence-electron chi connectivity index (χ2n) is 7.41. The number of carbonyl (C=O) groups is 1. The molecular weight excluding hydrogens is 372 g/mol. The van der Waals surface area contributed by atoms with Gasteiger partial charge in [0, 0.05) is 32.6 Å². The Hall–Kier alpha value is -4.25. The first-order chi connectivity index (χ1) is 14.7. The van der Waals surface area contributed by atoms with Gasteiger partial charge in [0.15, 0.2) is 0 Å². The quantitative estimate of drug-likeness (QED) is 0.325. The zero-order chi connectivity index (χ0) is 20.2. The number of fused-ring (bicyclic) bond motifs is 6. The highest BCUT2D eigenvalue weighted by atomic mass is 16.2. The van der Waals surface area contributed by atoms with Crippen LogP contribution < -0.4 is 10.6 Å². The van der Waals surface area contributed by atoms with Gasteiger partial charge >= 0.3 is 6.03 Å². The number of amides is 2. The summed E-state index contributed by atoms with van der Waals surface area (Å²) in [6, 6.07) is 27.6. The van der Waals surface area contributed by atoms with Crippen LogP contribution in [-0.4, -0.2) is 16.0 Å². The van der Waals surface area contributed by atoms with Crippen molar-refractivity contribution in [2.45, 2.75) is 0 Å². The number of carbonyl (C=O) groups excluding carboxylic acids is 1. The molecule has 0 spiro atoms. The molecule has 2 heterocycles. The molecular formula is C25H18N4O. The van der Waals surface area contributed by atoms with Crippen molar-refractivity contribution < 1.29 is 4.79 Å². The zero-order valence-electron chi connectivity index (χ0n) is 16.0. The molecule has 0 saturated heterocycles. The molecule has 0 bridgehead atoms.